The summed E-state index contributed by atoms with van der Waals surface area (Å²) < 4.78 is 0. The van der Waals surface area contributed by atoms with Gasteiger partial charge in [0, 0.05) is 24.5 Å². The number of nitrogens with one attached hydrogen (secondary N) is 1. The summed E-state index contributed by atoms with van der Waals surface area (Å²) in [4.78, 5) is 11.1. The zero-order valence-electron chi connectivity index (χ0n) is 11.4. The second-order valence-corrected chi connectivity index (χ2v) is 4.79. The number of hydrogen-bond donors (Lipinski definition) is 4. The van der Waals surface area contributed by atoms with E-state index in [0.717, 1.165) is 0 Å². The van der Waals surface area contributed by atoms with Gasteiger partial charge in [0.05, 0.1) is 0 Å². The lowest BCUT2D eigenvalue weighted by Crippen LogP contribution is -2.46. The molecule has 1 aromatic rings. The number of carbonyl (C=O) groups excluding carboxylic acids is 1. The maximum atomic E-state index is 11.1. The molecule has 2 rings (SSSR count). The van der Waals surface area contributed by atoms with Gasteiger partial charge in [0.15, 0.2) is 17.2 Å². The number of allylic oxidation sites excluding steroid dienone is 2. The Balaban J connectivity index is 2.16. The van der Waals surface area contributed by atoms with E-state index < -0.39 is 5.72 Å². The third kappa shape index (κ3) is 3.88. The van der Waals surface area contributed by atoms with E-state index in [1.165, 1.54) is 25.1 Å². The molecule has 1 aromatic carbocycles. The lowest BCUT2D eigenvalue weighted by Gasteiger charge is -2.27. The third-order valence-corrected chi connectivity index (χ3v) is 2.86. The Morgan fingerprint density at radius 3 is 2.71 bits per heavy atom. The zero-order valence-corrected chi connectivity index (χ0v) is 11.4. The van der Waals surface area contributed by atoms with Crippen LogP contribution in [0.25, 0.3) is 0 Å². The highest BCUT2D eigenvalue weighted by molar-refractivity contribution is 5.74. The highest BCUT2D eigenvalue weighted by atomic mass is 16.3. The molecule has 0 radical (unpaired) electrons. The second kappa shape index (κ2) is 5.73. The molecule has 5 heteroatoms. The average Bonchev–Trinajstić information content (AvgIpc) is 2.39. The number of benzene rings is 1. The van der Waals surface area contributed by atoms with Gasteiger partial charge in [0.1, 0.15) is 0 Å². The van der Waals surface area contributed by atoms with Crippen molar-refractivity contribution in [3.63, 3.8) is 0 Å². The Morgan fingerprint density at radius 2 is 2.05 bits per heavy atom. The quantitative estimate of drug-likeness (QED) is 0.354. The molecular formula is C16H15NO4. The second-order valence-electron chi connectivity index (χ2n) is 4.79. The van der Waals surface area contributed by atoms with Crippen LogP contribution in [0.3, 0.4) is 0 Å². The summed E-state index contributed by atoms with van der Waals surface area (Å²) in [5, 5.41) is 31.2. The molecule has 5 nitrogen and oxygen atoms in total. The van der Waals surface area contributed by atoms with E-state index in [9.17, 15) is 20.1 Å². The Bertz CT molecular complexity index is 694. The highest BCUT2D eigenvalue weighted by Gasteiger charge is 2.27. The van der Waals surface area contributed by atoms with Crippen LogP contribution >= 0.6 is 0 Å². The van der Waals surface area contributed by atoms with Gasteiger partial charge < -0.3 is 20.6 Å². The molecule has 1 aliphatic carbocycles. The van der Waals surface area contributed by atoms with Crippen molar-refractivity contribution >= 4 is 5.91 Å². The Labute approximate surface area is 122 Å². The van der Waals surface area contributed by atoms with Crippen molar-refractivity contribution in [1.29, 1.82) is 0 Å². The van der Waals surface area contributed by atoms with Crippen molar-refractivity contribution in [2.45, 2.75) is 19.1 Å². The van der Waals surface area contributed by atoms with Crippen molar-refractivity contribution in [2.75, 3.05) is 0 Å². The van der Waals surface area contributed by atoms with Crippen LogP contribution in [0, 0.1) is 11.8 Å². The zero-order chi connectivity index (χ0) is 15.5. The predicted octanol–water partition coefficient (Wildman–Crippen LogP) is 1.16. The molecule has 1 unspecified atom stereocenters. The number of phenolic OH excluding ortho intramolecular Hbond substituents is 2. The summed E-state index contributed by atoms with van der Waals surface area (Å²) in [6.45, 7) is 1.33. The van der Waals surface area contributed by atoms with E-state index in [4.69, 9.17) is 0 Å². The summed E-state index contributed by atoms with van der Waals surface area (Å²) >= 11 is 0. The summed E-state index contributed by atoms with van der Waals surface area (Å²) in [6.07, 6.45) is 5.02. The van der Waals surface area contributed by atoms with Crippen molar-refractivity contribution in [2.24, 2.45) is 0 Å². The first-order chi connectivity index (χ1) is 9.88. The normalized spacial score (nSPS) is 20.2. The minimum absolute atomic E-state index is 0.167. The number of phenols is 2. The van der Waals surface area contributed by atoms with Crippen molar-refractivity contribution in [3.05, 3.63) is 47.6 Å². The molecule has 0 saturated heterocycles. The standard InChI is InChI=1S/C16H15NO4/c1-11(18)17-16(21)8-2-3-13(10-16)5-4-12-6-7-14(19)15(20)9-12/h2-3,6-9,19-21H,10H2,1H3,(H,17,18). The van der Waals surface area contributed by atoms with Gasteiger partial charge in [0.25, 0.3) is 0 Å². The van der Waals surface area contributed by atoms with Crippen molar-refractivity contribution < 1.29 is 20.1 Å². The fourth-order valence-corrected chi connectivity index (χ4v) is 1.96. The monoisotopic (exact) mass is 285 g/mol. The molecule has 1 atom stereocenters. The molecule has 0 heterocycles. The number of hydrogen-bond acceptors (Lipinski definition) is 4. The molecule has 0 fully saturated rings. The van der Waals surface area contributed by atoms with Gasteiger partial charge >= 0.3 is 0 Å². The summed E-state index contributed by atoms with van der Waals surface area (Å²) in [5.41, 5.74) is -0.257. The molecule has 108 valence electrons. The van der Waals surface area contributed by atoms with Crippen LogP contribution in [0.4, 0.5) is 0 Å². The predicted molar refractivity (Wildman–Crippen MR) is 77.3 cm³/mol. The van der Waals surface area contributed by atoms with E-state index >= 15 is 0 Å². The topological polar surface area (TPSA) is 89.8 Å². The van der Waals surface area contributed by atoms with E-state index in [0.29, 0.717) is 11.1 Å². The molecule has 0 spiro atoms. The van der Waals surface area contributed by atoms with Crippen LogP contribution in [-0.4, -0.2) is 27.0 Å². The van der Waals surface area contributed by atoms with E-state index in [-0.39, 0.29) is 23.8 Å². The van der Waals surface area contributed by atoms with E-state index in [1.807, 2.05) is 0 Å². The van der Waals surface area contributed by atoms with Crippen LogP contribution in [-0.2, 0) is 4.79 Å². The fourth-order valence-electron chi connectivity index (χ4n) is 1.96. The number of aromatic hydroxyl groups is 2. The van der Waals surface area contributed by atoms with Crippen LogP contribution in [0.1, 0.15) is 18.9 Å². The minimum atomic E-state index is -1.43. The maximum absolute atomic E-state index is 11.1. The van der Waals surface area contributed by atoms with Gasteiger partial charge in [-0.25, -0.2) is 0 Å². The number of carbonyl (C=O) groups is 1. The first-order valence-corrected chi connectivity index (χ1v) is 6.31. The smallest absolute Gasteiger partial charge is 0.219 e. The molecule has 1 amide bonds. The van der Waals surface area contributed by atoms with Gasteiger partial charge in [-0.05, 0) is 24.3 Å². The maximum Gasteiger partial charge on any atom is 0.219 e. The Morgan fingerprint density at radius 1 is 1.29 bits per heavy atom. The SMILES string of the molecule is CC(=O)NC1(O)C=CC=C(C#Cc2ccc(O)c(O)c2)C1. The Kier molecular flexibility index (Phi) is 4.01. The molecule has 0 aliphatic heterocycles. The summed E-state index contributed by atoms with van der Waals surface area (Å²) in [5.74, 6) is 4.91. The first kappa shape index (κ1) is 14.7. The van der Waals surface area contributed by atoms with Crippen LogP contribution in [0.5, 0.6) is 11.5 Å². The van der Waals surface area contributed by atoms with Gasteiger partial charge in [0.2, 0.25) is 5.91 Å². The number of aliphatic hydroxyl groups is 1. The summed E-state index contributed by atoms with van der Waals surface area (Å²) in [6, 6.07) is 4.27. The van der Waals surface area contributed by atoms with Crippen molar-refractivity contribution in [1.82, 2.24) is 5.32 Å². The van der Waals surface area contributed by atoms with Gasteiger partial charge in [-0.1, -0.05) is 24.0 Å². The van der Waals surface area contributed by atoms with E-state index in [1.54, 1.807) is 18.2 Å². The van der Waals surface area contributed by atoms with Crippen LogP contribution in [0.15, 0.2) is 42.0 Å². The fraction of sp³-hybridized carbons (Fsp3) is 0.188. The van der Waals surface area contributed by atoms with Crippen molar-refractivity contribution in [3.8, 4) is 23.3 Å². The minimum Gasteiger partial charge on any atom is -0.504 e. The lowest BCUT2D eigenvalue weighted by molar-refractivity contribution is -0.124. The largest absolute Gasteiger partial charge is 0.504 e. The molecular weight excluding hydrogens is 270 g/mol. The van der Waals surface area contributed by atoms with Gasteiger partial charge in [-0.15, -0.1) is 0 Å². The molecule has 0 aromatic heterocycles. The Hall–Kier alpha value is -2.71. The molecule has 0 bridgehead atoms. The molecule has 4 N–H and O–H groups in total. The van der Waals surface area contributed by atoms with Crippen LogP contribution in [0.2, 0.25) is 0 Å². The number of amides is 1. The lowest BCUT2D eigenvalue weighted by atomic mass is 9.97. The average molecular weight is 285 g/mol. The molecule has 1 aliphatic rings. The first-order valence-electron chi connectivity index (χ1n) is 6.31. The molecule has 0 saturated carbocycles. The number of rotatable bonds is 1. The van der Waals surface area contributed by atoms with Crippen LogP contribution < -0.4 is 5.32 Å². The van der Waals surface area contributed by atoms with Gasteiger partial charge in [-0.3, -0.25) is 4.79 Å². The molecule has 21 heavy (non-hydrogen) atoms. The third-order valence-electron chi connectivity index (χ3n) is 2.86. The van der Waals surface area contributed by atoms with E-state index in [2.05, 4.69) is 17.2 Å². The van der Waals surface area contributed by atoms with Gasteiger partial charge in [-0.2, -0.15) is 0 Å². The summed E-state index contributed by atoms with van der Waals surface area (Å²) in [7, 11) is 0. The highest BCUT2D eigenvalue weighted by Crippen LogP contribution is 2.25.